The Morgan fingerprint density at radius 2 is 1.90 bits per heavy atom. The lowest BCUT2D eigenvalue weighted by Crippen LogP contribution is -2.19. The van der Waals surface area contributed by atoms with E-state index in [1.165, 1.54) is 0 Å². The van der Waals surface area contributed by atoms with Gasteiger partial charge in [0, 0.05) is 15.6 Å². The van der Waals surface area contributed by atoms with Crippen molar-refractivity contribution in [2.24, 2.45) is 0 Å². The minimum absolute atomic E-state index is 0.109. The molecule has 0 heterocycles. The van der Waals surface area contributed by atoms with Crippen molar-refractivity contribution in [3.63, 3.8) is 0 Å². The van der Waals surface area contributed by atoms with E-state index < -0.39 is 0 Å². The third kappa shape index (κ3) is 3.37. The Morgan fingerprint density at radius 3 is 2.52 bits per heavy atom. The first-order valence-corrected chi connectivity index (χ1v) is 7.99. The highest BCUT2D eigenvalue weighted by Crippen LogP contribution is 2.40. The quantitative estimate of drug-likeness (QED) is 0.758. The average molecular weight is 389 g/mol. The number of hydrogen-bond acceptors (Lipinski definition) is 2. The fourth-order valence-corrected chi connectivity index (χ4v) is 3.61. The second-order valence-electron chi connectivity index (χ2n) is 4.71. The number of rotatable bonds is 4. The lowest BCUT2D eigenvalue weighted by Gasteiger charge is -2.22. The number of methoxy groups -OCH3 is 1. The van der Waals surface area contributed by atoms with Crippen LogP contribution < -0.4 is 10.1 Å². The molecule has 21 heavy (non-hydrogen) atoms. The monoisotopic (exact) mass is 387 g/mol. The van der Waals surface area contributed by atoms with Gasteiger partial charge in [-0.05, 0) is 53.2 Å². The van der Waals surface area contributed by atoms with Crippen molar-refractivity contribution in [2.75, 3.05) is 14.2 Å². The second-order valence-corrected chi connectivity index (χ2v) is 6.38. The van der Waals surface area contributed by atoms with Gasteiger partial charge in [0.2, 0.25) is 0 Å². The van der Waals surface area contributed by atoms with Crippen molar-refractivity contribution >= 4 is 39.1 Å². The van der Waals surface area contributed by atoms with Crippen molar-refractivity contribution in [1.29, 1.82) is 0 Å². The zero-order valence-electron chi connectivity index (χ0n) is 12.0. The summed E-state index contributed by atoms with van der Waals surface area (Å²) >= 11 is 16.1. The molecule has 0 radical (unpaired) electrons. The molecule has 112 valence electrons. The van der Waals surface area contributed by atoms with Gasteiger partial charge in [0.25, 0.3) is 0 Å². The molecule has 0 aromatic heterocycles. The fraction of sp³-hybridized carbons (Fsp3) is 0.250. The Hall–Kier alpha value is -0.740. The lowest BCUT2D eigenvalue weighted by atomic mass is 9.96. The Kier molecular flexibility index (Phi) is 5.55. The van der Waals surface area contributed by atoms with E-state index in [0.717, 1.165) is 31.9 Å². The minimum Gasteiger partial charge on any atom is -0.495 e. The summed E-state index contributed by atoms with van der Waals surface area (Å²) < 4.78 is 6.33. The van der Waals surface area contributed by atoms with Crippen LogP contribution in [0.1, 0.15) is 22.7 Å². The summed E-state index contributed by atoms with van der Waals surface area (Å²) in [6.45, 7) is 1.99. The zero-order valence-corrected chi connectivity index (χ0v) is 15.1. The van der Waals surface area contributed by atoms with Gasteiger partial charge in [-0.25, -0.2) is 0 Å². The summed E-state index contributed by atoms with van der Waals surface area (Å²) in [5.41, 5.74) is 2.97. The van der Waals surface area contributed by atoms with Gasteiger partial charge in [-0.15, -0.1) is 0 Å². The molecule has 2 aromatic rings. The van der Waals surface area contributed by atoms with E-state index in [9.17, 15) is 0 Å². The van der Waals surface area contributed by atoms with Gasteiger partial charge >= 0.3 is 0 Å². The number of hydrogen-bond donors (Lipinski definition) is 1. The predicted molar refractivity (Wildman–Crippen MR) is 92.8 cm³/mol. The molecule has 0 aliphatic carbocycles. The van der Waals surface area contributed by atoms with Gasteiger partial charge in [0.15, 0.2) is 0 Å². The smallest absolute Gasteiger partial charge is 0.138 e. The van der Waals surface area contributed by atoms with Crippen LogP contribution in [0.3, 0.4) is 0 Å². The molecule has 0 amide bonds. The Labute approximate surface area is 143 Å². The lowest BCUT2D eigenvalue weighted by molar-refractivity contribution is 0.403. The van der Waals surface area contributed by atoms with Crippen molar-refractivity contribution in [1.82, 2.24) is 5.32 Å². The van der Waals surface area contributed by atoms with Crippen LogP contribution >= 0.6 is 39.1 Å². The largest absolute Gasteiger partial charge is 0.495 e. The van der Waals surface area contributed by atoms with E-state index in [0.29, 0.717) is 5.02 Å². The van der Waals surface area contributed by atoms with Gasteiger partial charge in [-0.2, -0.15) is 0 Å². The van der Waals surface area contributed by atoms with Crippen LogP contribution in [0.15, 0.2) is 34.8 Å². The fourth-order valence-electron chi connectivity index (χ4n) is 2.38. The summed E-state index contributed by atoms with van der Waals surface area (Å²) in [4.78, 5) is 0. The first kappa shape index (κ1) is 16.6. The van der Waals surface area contributed by atoms with Gasteiger partial charge in [-0.1, -0.05) is 41.4 Å². The summed E-state index contributed by atoms with van der Waals surface area (Å²) in [6, 6.07) is 9.59. The molecule has 0 bridgehead atoms. The standard InChI is InChI=1S/C16H16BrCl2NO/c1-9-5-4-6-11(14(9)19)15(20-2)12-7-10(18)8-13(17)16(12)21-3/h4-8,15,20H,1-3H3. The maximum Gasteiger partial charge on any atom is 0.138 e. The van der Waals surface area contributed by atoms with Crippen LogP contribution in [0, 0.1) is 6.92 Å². The molecule has 0 fully saturated rings. The third-order valence-corrected chi connectivity index (χ3v) is 4.70. The highest BCUT2D eigenvalue weighted by Gasteiger charge is 2.22. The predicted octanol–water partition coefficient (Wildman–Crippen LogP) is 5.38. The first-order chi connectivity index (χ1) is 9.99. The number of aryl methyl sites for hydroxylation is 1. The number of halogens is 3. The van der Waals surface area contributed by atoms with Crippen LogP contribution in [0.4, 0.5) is 0 Å². The number of nitrogens with one attached hydrogen (secondary N) is 1. The van der Waals surface area contributed by atoms with Crippen LogP contribution in [0.2, 0.25) is 10.0 Å². The van der Waals surface area contributed by atoms with Gasteiger partial charge in [0.1, 0.15) is 5.75 Å². The van der Waals surface area contributed by atoms with Crippen molar-refractivity contribution in [3.05, 3.63) is 61.5 Å². The molecule has 0 saturated heterocycles. The molecule has 2 rings (SSSR count). The minimum atomic E-state index is -0.109. The topological polar surface area (TPSA) is 21.3 Å². The summed E-state index contributed by atoms with van der Waals surface area (Å²) in [7, 11) is 3.53. The molecule has 1 atom stereocenters. The maximum atomic E-state index is 6.47. The van der Waals surface area contributed by atoms with E-state index in [4.69, 9.17) is 27.9 Å². The van der Waals surface area contributed by atoms with Crippen LogP contribution in [-0.4, -0.2) is 14.2 Å². The molecular weight excluding hydrogens is 373 g/mol. The van der Waals surface area contributed by atoms with E-state index in [1.807, 2.05) is 44.3 Å². The summed E-state index contributed by atoms with van der Waals surface area (Å²) in [5, 5.41) is 4.67. The van der Waals surface area contributed by atoms with Crippen molar-refractivity contribution in [2.45, 2.75) is 13.0 Å². The Morgan fingerprint density at radius 1 is 1.19 bits per heavy atom. The molecule has 0 saturated carbocycles. The Bertz CT molecular complexity index is 661. The SMILES string of the molecule is CNC(c1cccc(C)c1Cl)c1cc(Cl)cc(Br)c1OC. The van der Waals surface area contributed by atoms with Crippen LogP contribution in [0.25, 0.3) is 0 Å². The van der Waals surface area contributed by atoms with Gasteiger partial charge in [0.05, 0.1) is 17.6 Å². The molecule has 0 spiro atoms. The Balaban J connectivity index is 2.64. The van der Waals surface area contributed by atoms with Crippen LogP contribution in [-0.2, 0) is 0 Å². The molecule has 1 N–H and O–H groups in total. The summed E-state index contributed by atoms with van der Waals surface area (Å²) in [5.74, 6) is 0.747. The van der Waals surface area contributed by atoms with Crippen molar-refractivity contribution in [3.8, 4) is 5.75 Å². The second kappa shape index (κ2) is 7.01. The molecule has 0 aliphatic rings. The zero-order chi connectivity index (χ0) is 15.6. The normalized spacial score (nSPS) is 12.3. The molecule has 5 heteroatoms. The highest BCUT2D eigenvalue weighted by atomic mass is 79.9. The summed E-state index contributed by atoms with van der Waals surface area (Å²) in [6.07, 6.45) is 0. The van der Waals surface area contributed by atoms with E-state index in [-0.39, 0.29) is 6.04 Å². The van der Waals surface area contributed by atoms with Gasteiger partial charge in [-0.3, -0.25) is 0 Å². The molecule has 1 unspecified atom stereocenters. The van der Waals surface area contributed by atoms with Crippen molar-refractivity contribution < 1.29 is 4.74 Å². The molecular formula is C16H16BrCl2NO. The number of ether oxygens (including phenoxy) is 1. The number of benzene rings is 2. The first-order valence-electron chi connectivity index (χ1n) is 6.44. The molecule has 2 nitrogen and oxygen atoms in total. The van der Waals surface area contributed by atoms with Gasteiger partial charge < -0.3 is 10.1 Å². The molecule has 2 aromatic carbocycles. The van der Waals surface area contributed by atoms with E-state index >= 15 is 0 Å². The van der Waals surface area contributed by atoms with E-state index in [1.54, 1.807) is 7.11 Å². The van der Waals surface area contributed by atoms with E-state index in [2.05, 4.69) is 21.2 Å². The maximum absolute atomic E-state index is 6.47. The molecule has 0 aliphatic heterocycles. The average Bonchev–Trinajstić information content (AvgIpc) is 2.44. The van der Waals surface area contributed by atoms with Crippen LogP contribution in [0.5, 0.6) is 5.75 Å². The highest BCUT2D eigenvalue weighted by molar-refractivity contribution is 9.10. The third-order valence-electron chi connectivity index (χ3n) is 3.37.